The van der Waals surface area contributed by atoms with Crippen LogP contribution in [0.2, 0.25) is 0 Å². The van der Waals surface area contributed by atoms with Crippen LogP contribution in [0.25, 0.3) is 11.1 Å². The maximum atomic E-state index is 13.2. The van der Waals surface area contributed by atoms with E-state index in [1.807, 2.05) is 31.2 Å². The second-order valence-corrected chi connectivity index (χ2v) is 8.90. The van der Waals surface area contributed by atoms with Crippen molar-refractivity contribution >= 4 is 11.9 Å². The summed E-state index contributed by atoms with van der Waals surface area (Å²) in [4.78, 5) is 26.5. The van der Waals surface area contributed by atoms with Crippen LogP contribution in [-0.4, -0.2) is 40.6 Å². The van der Waals surface area contributed by atoms with Crippen molar-refractivity contribution in [2.75, 3.05) is 13.6 Å². The van der Waals surface area contributed by atoms with Crippen molar-refractivity contribution in [3.8, 4) is 11.1 Å². The fraction of sp³-hybridized carbons (Fsp3) is 0.407. The highest BCUT2D eigenvalue weighted by Crippen LogP contribution is 2.32. The van der Waals surface area contributed by atoms with Crippen LogP contribution in [0.3, 0.4) is 0 Å². The van der Waals surface area contributed by atoms with E-state index in [4.69, 9.17) is 0 Å². The summed E-state index contributed by atoms with van der Waals surface area (Å²) >= 11 is 0. The Hall–Kier alpha value is -2.92. The molecule has 5 nitrogen and oxygen atoms in total. The fourth-order valence-corrected chi connectivity index (χ4v) is 4.63. The van der Waals surface area contributed by atoms with Crippen molar-refractivity contribution in [3.63, 3.8) is 0 Å². The molecule has 1 aliphatic carbocycles. The predicted molar refractivity (Wildman–Crippen MR) is 127 cm³/mol. The minimum absolute atomic E-state index is 0.144. The molecule has 1 atom stereocenters. The highest BCUT2D eigenvalue weighted by atomic mass is 16.4. The number of carbonyl (C=O) groups excluding carboxylic acids is 1. The number of carbonyl (C=O) groups is 2. The van der Waals surface area contributed by atoms with Crippen LogP contribution in [0.5, 0.6) is 0 Å². The molecule has 0 aliphatic heterocycles. The molecule has 0 saturated heterocycles. The van der Waals surface area contributed by atoms with Gasteiger partial charge in [-0.1, -0.05) is 55.2 Å². The lowest BCUT2D eigenvalue weighted by Crippen LogP contribution is -2.33. The Morgan fingerprint density at radius 1 is 1.16 bits per heavy atom. The van der Waals surface area contributed by atoms with Crippen molar-refractivity contribution < 1.29 is 19.8 Å². The molecule has 0 spiro atoms. The van der Waals surface area contributed by atoms with Gasteiger partial charge in [0.2, 0.25) is 0 Å². The van der Waals surface area contributed by atoms with Crippen molar-refractivity contribution in [2.24, 2.45) is 5.92 Å². The normalized spacial score (nSPS) is 15.2. The van der Waals surface area contributed by atoms with E-state index in [9.17, 15) is 19.8 Å². The first-order valence-corrected chi connectivity index (χ1v) is 11.3. The molecule has 0 heterocycles. The second-order valence-electron chi connectivity index (χ2n) is 8.90. The Kier molecular flexibility index (Phi) is 7.86. The van der Waals surface area contributed by atoms with Crippen LogP contribution >= 0.6 is 0 Å². The Balaban J connectivity index is 1.96. The molecule has 1 unspecified atom stereocenters. The molecule has 0 aromatic heterocycles. The summed E-state index contributed by atoms with van der Waals surface area (Å²) in [6.45, 7) is 6.34. The van der Waals surface area contributed by atoms with Gasteiger partial charge in [0.05, 0.1) is 12.5 Å². The standard InChI is InChI=1S/C27H33NO4/c1-4-25(29)23-12-10-18(2)14-24(23)20-11-13-22(21(15-20)16-26(30)31)27(32)28(3)17-19-8-6-5-7-9-19/h4,10-15,19,25,29H,1,5-9,16-17H2,2-3H3,(H,30,31). The quantitative estimate of drug-likeness (QED) is 0.562. The average Bonchev–Trinajstić information content (AvgIpc) is 2.78. The van der Waals surface area contributed by atoms with Crippen LogP contribution in [0.4, 0.5) is 0 Å². The van der Waals surface area contributed by atoms with Crippen LogP contribution in [0, 0.1) is 12.8 Å². The Bertz CT molecular complexity index is 991. The lowest BCUT2D eigenvalue weighted by molar-refractivity contribution is -0.136. The Labute approximate surface area is 190 Å². The van der Waals surface area contributed by atoms with E-state index in [0.29, 0.717) is 29.2 Å². The van der Waals surface area contributed by atoms with Crippen LogP contribution in [0.15, 0.2) is 49.1 Å². The van der Waals surface area contributed by atoms with E-state index in [2.05, 4.69) is 6.58 Å². The molecular formula is C27H33NO4. The zero-order valence-corrected chi connectivity index (χ0v) is 19.0. The van der Waals surface area contributed by atoms with Gasteiger partial charge in [0, 0.05) is 19.2 Å². The summed E-state index contributed by atoms with van der Waals surface area (Å²) in [5, 5.41) is 19.9. The third-order valence-corrected chi connectivity index (χ3v) is 6.34. The zero-order chi connectivity index (χ0) is 23.3. The summed E-state index contributed by atoms with van der Waals surface area (Å²) < 4.78 is 0. The molecule has 1 amide bonds. The monoisotopic (exact) mass is 435 g/mol. The van der Waals surface area contributed by atoms with Gasteiger partial charge in [0.1, 0.15) is 0 Å². The van der Waals surface area contributed by atoms with Crippen molar-refractivity contribution in [1.29, 1.82) is 0 Å². The van der Waals surface area contributed by atoms with Gasteiger partial charge >= 0.3 is 5.97 Å². The molecule has 0 radical (unpaired) electrons. The van der Waals surface area contributed by atoms with Crippen molar-refractivity contribution in [3.05, 3.63) is 71.3 Å². The van der Waals surface area contributed by atoms with Crippen LogP contribution < -0.4 is 0 Å². The summed E-state index contributed by atoms with van der Waals surface area (Å²) in [6.07, 6.45) is 6.35. The molecular weight excluding hydrogens is 402 g/mol. The van der Waals surface area contributed by atoms with Gasteiger partial charge < -0.3 is 15.1 Å². The number of nitrogens with zero attached hydrogens (tertiary/aromatic N) is 1. The van der Waals surface area contributed by atoms with Gasteiger partial charge in [0.15, 0.2) is 0 Å². The third kappa shape index (κ3) is 5.65. The third-order valence-electron chi connectivity index (χ3n) is 6.34. The van der Waals surface area contributed by atoms with Gasteiger partial charge in [-0.3, -0.25) is 9.59 Å². The largest absolute Gasteiger partial charge is 0.481 e. The maximum absolute atomic E-state index is 13.2. The van der Waals surface area contributed by atoms with Gasteiger partial charge in [0.25, 0.3) is 5.91 Å². The summed E-state index contributed by atoms with van der Waals surface area (Å²) in [5.41, 5.74) is 4.20. The van der Waals surface area contributed by atoms with E-state index in [1.165, 1.54) is 25.3 Å². The zero-order valence-electron chi connectivity index (χ0n) is 19.0. The average molecular weight is 436 g/mol. The molecule has 2 N–H and O–H groups in total. The predicted octanol–water partition coefficient (Wildman–Crippen LogP) is 5.16. The highest BCUT2D eigenvalue weighted by molar-refractivity contribution is 5.97. The lowest BCUT2D eigenvalue weighted by Gasteiger charge is -2.27. The molecule has 5 heteroatoms. The minimum atomic E-state index is -0.985. The molecule has 170 valence electrons. The molecule has 1 fully saturated rings. The van der Waals surface area contributed by atoms with Crippen molar-refractivity contribution in [2.45, 2.75) is 51.6 Å². The maximum Gasteiger partial charge on any atom is 0.307 e. The van der Waals surface area contributed by atoms with Crippen LogP contribution in [-0.2, 0) is 11.2 Å². The molecule has 1 saturated carbocycles. The Morgan fingerprint density at radius 3 is 2.53 bits per heavy atom. The SMILES string of the molecule is C=CC(O)c1ccc(C)cc1-c1ccc(C(=O)N(C)CC2CCCCC2)c(CC(=O)O)c1. The van der Waals surface area contributed by atoms with E-state index in [1.54, 1.807) is 24.1 Å². The van der Waals surface area contributed by atoms with E-state index in [-0.39, 0.29) is 12.3 Å². The minimum Gasteiger partial charge on any atom is -0.481 e. The van der Waals surface area contributed by atoms with Crippen molar-refractivity contribution in [1.82, 2.24) is 4.90 Å². The first kappa shape index (κ1) is 23.7. The number of hydrogen-bond acceptors (Lipinski definition) is 3. The Morgan fingerprint density at radius 2 is 1.88 bits per heavy atom. The van der Waals surface area contributed by atoms with Gasteiger partial charge in [-0.05, 0) is 60.1 Å². The summed E-state index contributed by atoms with van der Waals surface area (Å²) in [6, 6.07) is 11.1. The number of aryl methyl sites for hydroxylation is 1. The summed E-state index contributed by atoms with van der Waals surface area (Å²) in [7, 11) is 1.80. The number of hydrogen-bond donors (Lipinski definition) is 2. The van der Waals surface area contributed by atoms with E-state index >= 15 is 0 Å². The molecule has 2 aromatic rings. The number of aliphatic hydroxyl groups is 1. The second kappa shape index (κ2) is 10.6. The number of aliphatic hydroxyl groups excluding tert-OH is 1. The van der Waals surface area contributed by atoms with Crippen LogP contribution in [0.1, 0.15) is 65.3 Å². The lowest BCUT2D eigenvalue weighted by atomic mass is 9.88. The first-order valence-electron chi connectivity index (χ1n) is 11.3. The number of carboxylic acids is 1. The van der Waals surface area contributed by atoms with Gasteiger partial charge in [-0.25, -0.2) is 0 Å². The van der Waals surface area contributed by atoms with Gasteiger partial charge in [-0.15, -0.1) is 6.58 Å². The number of benzene rings is 2. The fourth-order valence-electron chi connectivity index (χ4n) is 4.63. The topological polar surface area (TPSA) is 77.8 Å². The molecule has 32 heavy (non-hydrogen) atoms. The number of rotatable bonds is 8. The van der Waals surface area contributed by atoms with E-state index < -0.39 is 12.1 Å². The molecule has 0 bridgehead atoms. The van der Waals surface area contributed by atoms with Gasteiger partial charge in [-0.2, -0.15) is 0 Å². The smallest absolute Gasteiger partial charge is 0.307 e. The summed E-state index contributed by atoms with van der Waals surface area (Å²) in [5.74, 6) is -0.620. The van der Waals surface area contributed by atoms with E-state index in [0.717, 1.165) is 29.5 Å². The highest BCUT2D eigenvalue weighted by Gasteiger charge is 2.22. The number of amides is 1. The number of carboxylic acid groups (broad SMARTS) is 1. The number of aliphatic carboxylic acids is 1. The molecule has 3 rings (SSSR count). The molecule has 2 aromatic carbocycles. The molecule has 1 aliphatic rings. The first-order chi connectivity index (χ1) is 15.3.